The van der Waals surface area contributed by atoms with Crippen molar-refractivity contribution in [1.82, 2.24) is 0 Å². The van der Waals surface area contributed by atoms with Crippen LogP contribution in [0.4, 0.5) is 11.4 Å². The van der Waals surface area contributed by atoms with Gasteiger partial charge in [-0.25, -0.2) is 0 Å². The van der Waals surface area contributed by atoms with E-state index in [1.54, 1.807) is 18.2 Å². The molecule has 86 valence electrons. The lowest BCUT2D eigenvalue weighted by Crippen LogP contribution is -2.31. The highest BCUT2D eigenvalue weighted by atomic mass is 35.5. The van der Waals surface area contributed by atoms with Crippen LogP contribution in [0, 0.1) is 0 Å². The number of anilines is 2. The summed E-state index contributed by atoms with van der Waals surface area (Å²) in [5.74, 6) is 0. The fraction of sp³-hybridized carbons (Fsp3) is 0. The maximum atomic E-state index is 9.25. The highest BCUT2D eigenvalue weighted by Gasteiger charge is 2.16. The molecule has 0 saturated heterocycles. The van der Waals surface area contributed by atoms with E-state index in [4.69, 9.17) is 11.6 Å². The molecule has 0 saturated carbocycles. The van der Waals surface area contributed by atoms with E-state index in [0.717, 1.165) is 5.69 Å². The van der Waals surface area contributed by atoms with Gasteiger partial charge in [-0.15, -0.1) is 0 Å². The van der Waals surface area contributed by atoms with Crippen molar-refractivity contribution in [3.63, 3.8) is 0 Å². The van der Waals surface area contributed by atoms with Gasteiger partial charge in [0, 0.05) is 21.9 Å². The van der Waals surface area contributed by atoms with Gasteiger partial charge in [0.2, 0.25) is 0 Å². The molecule has 2 aromatic rings. The Morgan fingerprint density at radius 1 is 1.00 bits per heavy atom. The maximum Gasteiger partial charge on any atom is 0.490 e. The van der Waals surface area contributed by atoms with Crippen LogP contribution in [0.15, 0.2) is 48.5 Å². The summed E-state index contributed by atoms with van der Waals surface area (Å²) in [7, 11) is -1.53. The minimum absolute atomic E-state index is 0.387. The van der Waals surface area contributed by atoms with E-state index in [9.17, 15) is 10.0 Å². The van der Waals surface area contributed by atoms with Crippen molar-refractivity contribution >= 4 is 35.6 Å². The van der Waals surface area contributed by atoms with E-state index in [1.165, 1.54) is 0 Å². The van der Waals surface area contributed by atoms with Crippen LogP contribution < -0.4 is 10.8 Å². The van der Waals surface area contributed by atoms with Crippen molar-refractivity contribution in [1.29, 1.82) is 0 Å². The lowest BCUT2D eigenvalue weighted by molar-refractivity contribution is 0.426. The Bertz CT molecular complexity index is 505. The molecular formula is C12H11BClNO2. The first-order valence-corrected chi connectivity index (χ1v) is 5.52. The zero-order valence-corrected chi connectivity index (χ0v) is 9.72. The van der Waals surface area contributed by atoms with E-state index >= 15 is 0 Å². The van der Waals surface area contributed by atoms with Gasteiger partial charge in [0.05, 0.1) is 0 Å². The topological polar surface area (TPSA) is 52.5 Å². The molecule has 0 unspecified atom stereocenters. The molecule has 0 spiro atoms. The number of rotatable bonds is 3. The molecule has 0 aromatic heterocycles. The summed E-state index contributed by atoms with van der Waals surface area (Å²) < 4.78 is 0. The van der Waals surface area contributed by atoms with Gasteiger partial charge in [0.25, 0.3) is 0 Å². The van der Waals surface area contributed by atoms with E-state index < -0.39 is 7.12 Å². The maximum absolute atomic E-state index is 9.25. The molecule has 0 radical (unpaired) electrons. The highest BCUT2D eigenvalue weighted by molar-refractivity contribution is 6.60. The first kappa shape index (κ1) is 12.0. The summed E-state index contributed by atoms with van der Waals surface area (Å²) in [6.07, 6.45) is 0. The molecule has 2 rings (SSSR count). The molecule has 3 nitrogen and oxygen atoms in total. The molecule has 0 atom stereocenters. The zero-order valence-electron chi connectivity index (χ0n) is 8.97. The standard InChI is InChI=1S/C12H11BClNO2/c14-9-6-7-11(13(16)17)12(8-9)15-10-4-2-1-3-5-10/h1-8,15-17H. The van der Waals surface area contributed by atoms with Crippen molar-refractivity contribution < 1.29 is 10.0 Å². The predicted molar refractivity (Wildman–Crippen MR) is 71.0 cm³/mol. The van der Waals surface area contributed by atoms with E-state index in [0.29, 0.717) is 16.2 Å². The molecule has 0 fully saturated rings. The Morgan fingerprint density at radius 2 is 1.71 bits per heavy atom. The predicted octanol–water partition coefficient (Wildman–Crippen LogP) is 1.76. The molecule has 2 aromatic carbocycles. The zero-order chi connectivity index (χ0) is 12.3. The number of halogens is 1. The molecule has 5 heteroatoms. The molecule has 0 heterocycles. The third kappa shape index (κ3) is 3.00. The SMILES string of the molecule is OB(O)c1ccc(Cl)cc1Nc1ccccc1. The lowest BCUT2D eigenvalue weighted by atomic mass is 9.79. The van der Waals surface area contributed by atoms with Crippen LogP contribution in [0.5, 0.6) is 0 Å². The Morgan fingerprint density at radius 3 is 2.35 bits per heavy atom. The minimum atomic E-state index is -1.53. The van der Waals surface area contributed by atoms with E-state index in [-0.39, 0.29) is 0 Å². The van der Waals surface area contributed by atoms with Gasteiger partial charge in [-0.3, -0.25) is 0 Å². The fourth-order valence-electron chi connectivity index (χ4n) is 1.54. The first-order chi connectivity index (χ1) is 8.16. The second kappa shape index (κ2) is 5.23. The fourth-order valence-corrected chi connectivity index (χ4v) is 1.71. The molecule has 0 aliphatic carbocycles. The largest absolute Gasteiger partial charge is 0.490 e. The van der Waals surface area contributed by atoms with Crippen molar-refractivity contribution in [2.75, 3.05) is 5.32 Å². The molecule has 3 N–H and O–H groups in total. The lowest BCUT2D eigenvalue weighted by Gasteiger charge is -2.12. The second-order valence-corrected chi connectivity index (χ2v) is 4.03. The Labute approximate surface area is 105 Å². The first-order valence-electron chi connectivity index (χ1n) is 5.14. The quantitative estimate of drug-likeness (QED) is 0.725. The summed E-state index contributed by atoms with van der Waals surface area (Å²) in [4.78, 5) is 0. The van der Waals surface area contributed by atoms with Gasteiger partial charge in [0.15, 0.2) is 0 Å². The third-order valence-corrected chi connectivity index (χ3v) is 2.58. The molecule has 0 aliphatic heterocycles. The van der Waals surface area contributed by atoms with E-state index in [2.05, 4.69) is 5.32 Å². The van der Waals surface area contributed by atoms with Crippen LogP contribution >= 0.6 is 11.6 Å². The highest BCUT2D eigenvalue weighted by Crippen LogP contribution is 2.18. The monoisotopic (exact) mass is 247 g/mol. The van der Waals surface area contributed by atoms with Crippen LogP contribution in [0.1, 0.15) is 0 Å². The summed E-state index contributed by atoms with van der Waals surface area (Å²) in [5.41, 5.74) is 1.83. The average Bonchev–Trinajstić information content (AvgIpc) is 2.30. The molecule has 17 heavy (non-hydrogen) atoms. The third-order valence-electron chi connectivity index (χ3n) is 2.35. The molecule has 0 bridgehead atoms. The smallest absolute Gasteiger partial charge is 0.423 e. The van der Waals surface area contributed by atoms with Gasteiger partial charge in [-0.1, -0.05) is 35.9 Å². The van der Waals surface area contributed by atoms with Gasteiger partial charge in [-0.05, 0) is 24.3 Å². The van der Waals surface area contributed by atoms with Crippen molar-refractivity contribution in [2.45, 2.75) is 0 Å². The van der Waals surface area contributed by atoms with Crippen LogP contribution in [0.25, 0.3) is 0 Å². The van der Waals surface area contributed by atoms with Crippen LogP contribution in [-0.4, -0.2) is 17.2 Å². The molecular weight excluding hydrogens is 236 g/mol. The van der Waals surface area contributed by atoms with Crippen molar-refractivity contribution in [2.24, 2.45) is 0 Å². The summed E-state index contributed by atoms with van der Waals surface area (Å²) in [5, 5.41) is 22.1. The van der Waals surface area contributed by atoms with Crippen molar-refractivity contribution in [3.05, 3.63) is 53.6 Å². The Hall–Kier alpha value is -1.49. The number of benzene rings is 2. The molecule has 0 amide bonds. The molecule has 0 aliphatic rings. The number of para-hydroxylation sites is 1. The number of nitrogens with one attached hydrogen (secondary N) is 1. The minimum Gasteiger partial charge on any atom is -0.423 e. The average molecular weight is 247 g/mol. The van der Waals surface area contributed by atoms with Crippen LogP contribution in [-0.2, 0) is 0 Å². The summed E-state index contributed by atoms with van der Waals surface area (Å²) in [6, 6.07) is 14.3. The van der Waals surface area contributed by atoms with Gasteiger partial charge in [0.1, 0.15) is 0 Å². The summed E-state index contributed by atoms with van der Waals surface area (Å²) in [6.45, 7) is 0. The van der Waals surface area contributed by atoms with Crippen LogP contribution in [0.3, 0.4) is 0 Å². The second-order valence-electron chi connectivity index (χ2n) is 3.60. The van der Waals surface area contributed by atoms with Crippen LogP contribution in [0.2, 0.25) is 5.02 Å². The van der Waals surface area contributed by atoms with Crippen molar-refractivity contribution in [3.8, 4) is 0 Å². The summed E-state index contributed by atoms with van der Waals surface area (Å²) >= 11 is 5.88. The van der Waals surface area contributed by atoms with Gasteiger partial charge >= 0.3 is 7.12 Å². The van der Waals surface area contributed by atoms with Gasteiger partial charge in [-0.2, -0.15) is 0 Å². The Kier molecular flexibility index (Phi) is 3.69. The number of hydrogen-bond donors (Lipinski definition) is 3. The Balaban J connectivity index is 2.34. The number of hydrogen-bond acceptors (Lipinski definition) is 3. The normalized spacial score (nSPS) is 10.1. The van der Waals surface area contributed by atoms with E-state index in [1.807, 2.05) is 30.3 Å². The van der Waals surface area contributed by atoms with Gasteiger partial charge < -0.3 is 15.4 Å².